The lowest BCUT2D eigenvalue weighted by Gasteiger charge is -2.37. The Hall–Kier alpha value is -1.15. The normalized spacial score (nSPS) is 22.8. The third kappa shape index (κ3) is 3.91. The highest BCUT2D eigenvalue weighted by Crippen LogP contribution is 2.33. The second-order valence-corrected chi connectivity index (χ2v) is 7.58. The van der Waals surface area contributed by atoms with Crippen LogP contribution in [0.4, 0.5) is 5.82 Å². The Bertz CT molecular complexity index is 735. The molecule has 1 aliphatic heterocycles. The number of halogens is 2. The van der Waals surface area contributed by atoms with Gasteiger partial charge in [0.05, 0.1) is 5.39 Å². The monoisotopic (exact) mass is 417 g/mol. The zero-order valence-corrected chi connectivity index (χ0v) is 17.0. The molecule has 1 aliphatic carbocycles. The van der Waals surface area contributed by atoms with Gasteiger partial charge in [-0.3, -0.25) is 4.79 Å². The van der Waals surface area contributed by atoms with Gasteiger partial charge in [-0.05, 0) is 36.8 Å². The molecule has 0 aromatic carbocycles. The molecule has 9 heteroatoms. The van der Waals surface area contributed by atoms with E-state index in [4.69, 9.17) is 5.73 Å². The fourth-order valence-corrected chi connectivity index (χ4v) is 4.77. The number of fused-ring (bicyclic) bond motifs is 1. The summed E-state index contributed by atoms with van der Waals surface area (Å²) >= 11 is 1.64. The van der Waals surface area contributed by atoms with Crippen LogP contribution in [0.15, 0.2) is 17.8 Å². The molecule has 3 heterocycles. The van der Waals surface area contributed by atoms with Crippen LogP contribution in [0.2, 0.25) is 0 Å². The molecule has 2 aromatic rings. The van der Waals surface area contributed by atoms with Crippen LogP contribution in [0.1, 0.15) is 19.3 Å². The fourth-order valence-electron chi connectivity index (χ4n) is 4.05. The van der Waals surface area contributed by atoms with Gasteiger partial charge in [0.25, 0.3) is 0 Å². The van der Waals surface area contributed by atoms with Crippen LogP contribution in [0, 0.1) is 11.8 Å². The van der Waals surface area contributed by atoms with E-state index in [0.717, 1.165) is 61.5 Å². The lowest BCUT2D eigenvalue weighted by Crippen LogP contribution is -2.51. The van der Waals surface area contributed by atoms with Crippen molar-refractivity contribution in [1.82, 2.24) is 14.9 Å². The first-order valence-electron chi connectivity index (χ1n) is 8.70. The first kappa shape index (κ1) is 21.2. The number of carbonyl (C=O) groups is 1. The number of rotatable bonds is 3. The predicted molar refractivity (Wildman–Crippen MR) is 111 cm³/mol. The number of nitrogens with two attached hydrogens (primary N) is 1. The fraction of sp³-hybridized carbons (Fsp3) is 0.588. The van der Waals surface area contributed by atoms with Gasteiger partial charge in [-0.2, -0.15) is 0 Å². The highest BCUT2D eigenvalue weighted by Gasteiger charge is 2.35. The number of aromatic nitrogens is 2. The summed E-state index contributed by atoms with van der Waals surface area (Å²) in [4.78, 5) is 26.9. The van der Waals surface area contributed by atoms with E-state index in [9.17, 15) is 4.79 Å². The number of hydrogen-bond acceptors (Lipinski definition) is 6. The number of carbonyl (C=O) groups excluding carboxylic acids is 1. The lowest BCUT2D eigenvalue weighted by molar-refractivity contribution is -0.136. The molecule has 2 atom stereocenters. The van der Waals surface area contributed by atoms with Gasteiger partial charge in [0, 0.05) is 32.1 Å². The van der Waals surface area contributed by atoms with Gasteiger partial charge in [0.15, 0.2) is 0 Å². The average Bonchev–Trinajstić information content (AvgIpc) is 3.29. The Morgan fingerprint density at radius 3 is 2.69 bits per heavy atom. The summed E-state index contributed by atoms with van der Waals surface area (Å²) in [6.07, 6.45) is 4.87. The molecule has 1 saturated heterocycles. The number of piperazine rings is 1. The van der Waals surface area contributed by atoms with E-state index in [0.29, 0.717) is 18.4 Å². The molecule has 0 unspecified atom stereocenters. The third-order valence-electron chi connectivity index (χ3n) is 5.41. The van der Waals surface area contributed by atoms with Crippen LogP contribution in [0.25, 0.3) is 10.2 Å². The minimum Gasteiger partial charge on any atom is -0.352 e. The number of amides is 1. The quantitative estimate of drug-likeness (QED) is 0.829. The van der Waals surface area contributed by atoms with Crippen LogP contribution in [0.5, 0.6) is 0 Å². The first-order chi connectivity index (χ1) is 11.8. The number of hydrogen-bond donors (Lipinski definition) is 1. The van der Waals surface area contributed by atoms with Crippen molar-refractivity contribution in [3.63, 3.8) is 0 Å². The Labute approximate surface area is 170 Å². The van der Waals surface area contributed by atoms with Crippen molar-refractivity contribution in [2.45, 2.75) is 19.3 Å². The minimum absolute atomic E-state index is 0. The highest BCUT2D eigenvalue weighted by molar-refractivity contribution is 7.16. The molecule has 2 N–H and O–H groups in total. The second kappa shape index (κ2) is 9.17. The molecule has 2 aliphatic rings. The van der Waals surface area contributed by atoms with Crippen LogP contribution < -0.4 is 10.6 Å². The maximum absolute atomic E-state index is 12.8. The highest BCUT2D eigenvalue weighted by atomic mass is 35.5. The average molecular weight is 418 g/mol. The number of anilines is 1. The standard InChI is InChI=1S/C17H23N5OS.2ClH/c18-10-12-2-1-3-13(12)17(23)22-7-5-21(6-8-22)15-14-4-9-24-16(14)20-11-19-15;;/h4,9,11-13H,1-3,5-8,10,18H2;2*1H/t12-,13-;;/m1../s1. The van der Waals surface area contributed by atoms with E-state index in [1.165, 1.54) is 0 Å². The largest absolute Gasteiger partial charge is 0.352 e. The van der Waals surface area contributed by atoms with E-state index in [-0.39, 0.29) is 30.7 Å². The molecule has 1 saturated carbocycles. The molecule has 0 radical (unpaired) electrons. The van der Waals surface area contributed by atoms with Gasteiger partial charge in [0.1, 0.15) is 17.0 Å². The second-order valence-electron chi connectivity index (χ2n) is 6.68. The zero-order valence-electron chi connectivity index (χ0n) is 14.5. The van der Waals surface area contributed by atoms with Crippen LogP contribution in [-0.2, 0) is 4.79 Å². The van der Waals surface area contributed by atoms with Crippen molar-refractivity contribution in [3.05, 3.63) is 17.8 Å². The van der Waals surface area contributed by atoms with Gasteiger partial charge in [-0.25, -0.2) is 9.97 Å². The smallest absolute Gasteiger partial charge is 0.226 e. The molecule has 1 amide bonds. The molecular weight excluding hydrogens is 393 g/mol. The summed E-state index contributed by atoms with van der Waals surface area (Å²) in [6, 6.07) is 2.08. The minimum atomic E-state index is 0. The summed E-state index contributed by atoms with van der Waals surface area (Å²) in [5.74, 6) is 1.83. The van der Waals surface area contributed by atoms with E-state index in [1.807, 2.05) is 4.90 Å². The summed E-state index contributed by atoms with van der Waals surface area (Å²) in [5.41, 5.74) is 5.84. The Morgan fingerprint density at radius 1 is 1.19 bits per heavy atom. The van der Waals surface area contributed by atoms with Gasteiger partial charge in [-0.15, -0.1) is 36.2 Å². The van der Waals surface area contributed by atoms with Crippen molar-refractivity contribution in [2.24, 2.45) is 17.6 Å². The van der Waals surface area contributed by atoms with Crippen molar-refractivity contribution in [2.75, 3.05) is 37.6 Å². The SMILES string of the molecule is Cl.Cl.NC[C@H]1CCC[C@H]1C(=O)N1CCN(c2ncnc3sccc23)CC1. The Balaban J connectivity index is 0.00000121. The molecule has 2 aromatic heterocycles. The van der Waals surface area contributed by atoms with Crippen molar-refractivity contribution < 1.29 is 4.79 Å². The van der Waals surface area contributed by atoms with Gasteiger partial charge in [0.2, 0.25) is 5.91 Å². The van der Waals surface area contributed by atoms with Crippen LogP contribution in [-0.4, -0.2) is 53.5 Å². The lowest BCUT2D eigenvalue weighted by atomic mass is 9.94. The Kier molecular flexibility index (Phi) is 7.46. The summed E-state index contributed by atoms with van der Waals surface area (Å²) < 4.78 is 0. The summed E-state index contributed by atoms with van der Waals surface area (Å²) in [6.45, 7) is 3.82. The van der Waals surface area contributed by atoms with Crippen molar-refractivity contribution >= 4 is 58.1 Å². The third-order valence-corrected chi connectivity index (χ3v) is 6.23. The maximum Gasteiger partial charge on any atom is 0.226 e. The van der Waals surface area contributed by atoms with Crippen molar-refractivity contribution in [3.8, 4) is 0 Å². The van der Waals surface area contributed by atoms with Gasteiger partial charge >= 0.3 is 0 Å². The predicted octanol–water partition coefficient (Wildman–Crippen LogP) is 2.56. The van der Waals surface area contributed by atoms with Gasteiger partial charge in [-0.1, -0.05) is 6.42 Å². The first-order valence-corrected chi connectivity index (χ1v) is 9.58. The van der Waals surface area contributed by atoms with Crippen LogP contribution in [0.3, 0.4) is 0 Å². The molecule has 4 rings (SSSR count). The summed E-state index contributed by atoms with van der Waals surface area (Å²) in [5, 5.41) is 3.16. The van der Waals surface area contributed by atoms with E-state index >= 15 is 0 Å². The molecule has 0 spiro atoms. The van der Waals surface area contributed by atoms with E-state index in [1.54, 1.807) is 17.7 Å². The van der Waals surface area contributed by atoms with Crippen LogP contribution >= 0.6 is 36.2 Å². The molecule has 144 valence electrons. The summed E-state index contributed by atoms with van der Waals surface area (Å²) in [7, 11) is 0. The molecular formula is C17H25Cl2N5OS. The van der Waals surface area contributed by atoms with Gasteiger partial charge < -0.3 is 15.5 Å². The zero-order chi connectivity index (χ0) is 16.5. The molecule has 0 bridgehead atoms. The number of thiophene rings is 1. The molecule has 2 fully saturated rings. The number of nitrogens with zero attached hydrogens (tertiary/aromatic N) is 4. The molecule has 26 heavy (non-hydrogen) atoms. The molecule has 6 nitrogen and oxygen atoms in total. The maximum atomic E-state index is 12.8. The van der Waals surface area contributed by atoms with Crippen molar-refractivity contribution in [1.29, 1.82) is 0 Å². The van der Waals surface area contributed by atoms with E-state index in [2.05, 4.69) is 26.3 Å². The topological polar surface area (TPSA) is 75.4 Å². The Morgan fingerprint density at radius 2 is 1.96 bits per heavy atom. The van der Waals surface area contributed by atoms with E-state index < -0.39 is 0 Å².